The van der Waals surface area contributed by atoms with E-state index in [4.69, 9.17) is 0 Å². The van der Waals surface area contributed by atoms with E-state index in [0.717, 1.165) is 38.5 Å². The molecule has 28 heavy (non-hydrogen) atoms. The Labute approximate surface area is 164 Å². The van der Waals surface area contributed by atoms with Gasteiger partial charge in [-0.25, -0.2) is 8.78 Å². The number of carbonyl (C=O) groups is 1. The van der Waals surface area contributed by atoms with Gasteiger partial charge >= 0.3 is 0 Å². The van der Waals surface area contributed by atoms with Gasteiger partial charge in [-0.3, -0.25) is 9.69 Å². The van der Waals surface area contributed by atoms with Gasteiger partial charge in [0.1, 0.15) is 11.6 Å². The highest BCUT2D eigenvalue weighted by Gasteiger charge is 2.21. The quantitative estimate of drug-likeness (QED) is 0.765. The van der Waals surface area contributed by atoms with E-state index in [1.54, 1.807) is 6.92 Å². The van der Waals surface area contributed by atoms with Crippen LogP contribution in [0, 0.1) is 11.6 Å². The summed E-state index contributed by atoms with van der Waals surface area (Å²) in [6.07, 6.45) is 1.83. The molecule has 2 aromatic carbocycles. The molecule has 1 amide bonds. The molecule has 0 aliphatic carbocycles. The Morgan fingerprint density at radius 1 is 1.14 bits per heavy atom. The predicted octanol–water partition coefficient (Wildman–Crippen LogP) is 3.40. The second-order valence-corrected chi connectivity index (χ2v) is 7.37. The van der Waals surface area contributed by atoms with Gasteiger partial charge in [0.2, 0.25) is 5.91 Å². The maximum Gasteiger partial charge on any atom is 0.234 e. The highest BCUT2D eigenvalue weighted by Crippen LogP contribution is 2.17. The fourth-order valence-electron chi connectivity index (χ4n) is 3.56. The van der Waals surface area contributed by atoms with Crippen molar-refractivity contribution in [1.29, 1.82) is 0 Å². The molecule has 2 aromatic rings. The Hall–Kier alpha value is -2.31. The Kier molecular flexibility index (Phi) is 7.12. The predicted molar refractivity (Wildman–Crippen MR) is 106 cm³/mol. The molecular weight excluding hydrogens is 360 g/mol. The van der Waals surface area contributed by atoms with Crippen molar-refractivity contribution in [2.24, 2.45) is 0 Å². The molecule has 0 bridgehead atoms. The third kappa shape index (κ3) is 5.84. The zero-order valence-electron chi connectivity index (χ0n) is 16.1. The third-order valence-electron chi connectivity index (χ3n) is 5.20. The third-order valence-corrected chi connectivity index (χ3v) is 5.20. The smallest absolute Gasteiger partial charge is 0.234 e. The lowest BCUT2D eigenvalue weighted by Gasteiger charge is -2.32. The van der Waals surface area contributed by atoms with E-state index in [1.807, 2.05) is 18.2 Å². The summed E-state index contributed by atoms with van der Waals surface area (Å²) >= 11 is 0. The number of benzene rings is 2. The number of nitrogens with one attached hydrogen (secondary N) is 2. The Morgan fingerprint density at radius 2 is 1.86 bits per heavy atom. The van der Waals surface area contributed by atoms with Gasteiger partial charge in [-0.05, 0) is 31.4 Å². The molecule has 1 aliphatic rings. The lowest BCUT2D eigenvalue weighted by molar-refractivity contribution is -0.121. The highest BCUT2D eigenvalue weighted by molar-refractivity contribution is 5.78. The van der Waals surface area contributed by atoms with Crippen molar-refractivity contribution in [1.82, 2.24) is 15.5 Å². The molecule has 1 aliphatic heterocycles. The van der Waals surface area contributed by atoms with Crippen LogP contribution in [0.2, 0.25) is 0 Å². The standard InChI is InChI=1S/C22H27F2N3O/c1-16(20-8-7-18(23)13-21(20)24)25-14-22(28)26-19-9-11-27(12-10-19)15-17-5-3-2-4-6-17/h2-8,13,16,19,25H,9-12,14-15H2,1H3,(H,26,28)/t16-/m0/s1. The van der Waals surface area contributed by atoms with E-state index in [9.17, 15) is 13.6 Å². The summed E-state index contributed by atoms with van der Waals surface area (Å²) in [6, 6.07) is 13.7. The normalized spacial score (nSPS) is 16.7. The van der Waals surface area contributed by atoms with Crippen molar-refractivity contribution in [3.05, 3.63) is 71.3 Å². The number of carbonyl (C=O) groups excluding carboxylic acids is 1. The van der Waals surface area contributed by atoms with E-state index >= 15 is 0 Å². The Morgan fingerprint density at radius 3 is 2.54 bits per heavy atom. The average molecular weight is 387 g/mol. The summed E-state index contributed by atoms with van der Waals surface area (Å²) in [5.74, 6) is -1.31. The van der Waals surface area contributed by atoms with Crippen molar-refractivity contribution >= 4 is 5.91 Å². The monoisotopic (exact) mass is 387 g/mol. The molecular formula is C22H27F2N3O. The largest absolute Gasteiger partial charge is 0.352 e. The molecule has 0 radical (unpaired) electrons. The van der Waals surface area contributed by atoms with Crippen LogP contribution in [0.4, 0.5) is 8.78 Å². The average Bonchev–Trinajstić information content (AvgIpc) is 2.68. The maximum absolute atomic E-state index is 13.8. The van der Waals surface area contributed by atoms with Gasteiger partial charge in [0.15, 0.2) is 0 Å². The lowest BCUT2D eigenvalue weighted by Crippen LogP contribution is -2.46. The number of amides is 1. The first kappa shape index (κ1) is 20.4. The number of halogens is 2. The van der Waals surface area contributed by atoms with E-state index in [-0.39, 0.29) is 24.5 Å². The van der Waals surface area contributed by atoms with E-state index < -0.39 is 11.6 Å². The van der Waals surface area contributed by atoms with Crippen LogP contribution in [0.1, 0.15) is 36.9 Å². The fourth-order valence-corrected chi connectivity index (χ4v) is 3.56. The summed E-state index contributed by atoms with van der Waals surface area (Å²) in [5, 5.41) is 6.06. The fraction of sp³-hybridized carbons (Fsp3) is 0.409. The number of hydrogen-bond acceptors (Lipinski definition) is 3. The molecule has 4 nitrogen and oxygen atoms in total. The lowest BCUT2D eigenvalue weighted by atomic mass is 10.0. The molecule has 150 valence electrons. The maximum atomic E-state index is 13.8. The van der Waals surface area contributed by atoms with Gasteiger partial charge in [-0.2, -0.15) is 0 Å². The van der Waals surface area contributed by atoms with Crippen LogP contribution in [-0.2, 0) is 11.3 Å². The first-order valence-electron chi connectivity index (χ1n) is 9.75. The van der Waals surface area contributed by atoms with Gasteiger partial charge in [-0.1, -0.05) is 36.4 Å². The molecule has 0 spiro atoms. The number of piperidine rings is 1. The van der Waals surface area contributed by atoms with Crippen LogP contribution in [-0.4, -0.2) is 36.5 Å². The second-order valence-electron chi connectivity index (χ2n) is 7.37. The van der Waals surface area contributed by atoms with E-state index in [1.165, 1.54) is 17.7 Å². The first-order chi connectivity index (χ1) is 13.5. The molecule has 0 aromatic heterocycles. The van der Waals surface area contributed by atoms with Gasteiger partial charge in [0.05, 0.1) is 6.54 Å². The van der Waals surface area contributed by atoms with Crippen molar-refractivity contribution in [3.63, 3.8) is 0 Å². The molecule has 1 heterocycles. The van der Waals surface area contributed by atoms with Gasteiger partial charge in [-0.15, -0.1) is 0 Å². The van der Waals surface area contributed by atoms with Crippen LogP contribution in [0.25, 0.3) is 0 Å². The summed E-state index contributed by atoms with van der Waals surface area (Å²) in [6.45, 7) is 4.69. The Bertz CT molecular complexity index is 777. The van der Waals surface area contributed by atoms with Gasteiger partial charge < -0.3 is 10.6 Å². The van der Waals surface area contributed by atoms with E-state index in [0.29, 0.717) is 5.56 Å². The van der Waals surface area contributed by atoms with Gasteiger partial charge in [0, 0.05) is 43.3 Å². The number of nitrogens with zero attached hydrogens (tertiary/aromatic N) is 1. The van der Waals surface area contributed by atoms with Crippen LogP contribution in [0.15, 0.2) is 48.5 Å². The molecule has 2 N–H and O–H groups in total. The minimum atomic E-state index is -0.607. The molecule has 1 atom stereocenters. The van der Waals surface area contributed by atoms with Crippen molar-refractivity contribution in [3.8, 4) is 0 Å². The molecule has 0 unspecified atom stereocenters. The SMILES string of the molecule is C[C@H](NCC(=O)NC1CCN(Cc2ccccc2)CC1)c1ccc(F)cc1F. The van der Waals surface area contributed by atoms with Gasteiger partial charge in [0.25, 0.3) is 0 Å². The van der Waals surface area contributed by atoms with Crippen LogP contribution in [0.3, 0.4) is 0 Å². The van der Waals surface area contributed by atoms with Crippen LogP contribution < -0.4 is 10.6 Å². The summed E-state index contributed by atoms with van der Waals surface area (Å²) in [5.41, 5.74) is 1.65. The van der Waals surface area contributed by atoms with Crippen LogP contribution in [0.5, 0.6) is 0 Å². The first-order valence-corrected chi connectivity index (χ1v) is 9.75. The van der Waals surface area contributed by atoms with E-state index in [2.05, 4.69) is 27.7 Å². The van der Waals surface area contributed by atoms with Crippen LogP contribution >= 0.6 is 0 Å². The molecule has 3 rings (SSSR count). The summed E-state index contributed by atoms with van der Waals surface area (Å²) in [7, 11) is 0. The summed E-state index contributed by atoms with van der Waals surface area (Å²) < 4.78 is 26.8. The molecule has 6 heteroatoms. The topological polar surface area (TPSA) is 44.4 Å². The second kappa shape index (κ2) is 9.75. The zero-order valence-corrected chi connectivity index (χ0v) is 16.1. The highest BCUT2D eigenvalue weighted by atomic mass is 19.1. The number of likely N-dealkylation sites (tertiary alicyclic amines) is 1. The molecule has 1 saturated heterocycles. The van der Waals surface area contributed by atoms with Crippen molar-refractivity contribution in [2.75, 3.05) is 19.6 Å². The van der Waals surface area contributed by atoms with Crippen molar-refractivity contribution in [2.45, 2.75) is 38.4 Å². The Balaban J connectivity index is 1.38. The van der Waals surface area contributed by atoms with Crippen molar-refractivity contribution < 1.29 is 13.6 Å². The number of hydrogen-bond donors (Lipinski definition) is 2. The molecule has 0 saturated carbocycles. The minimum Gasteiger partial charge on any atom is -0.352 e. The minimum absolute atomic E-state index is 0.0994. The summed E-state index contributed by atoms with van der Waals surface area (Å²) in [4.78, 5) is 14.6. The number of rotatable bonds is 7. The zero-order chi connectivity index (χ0) is 19.9. The molecule has 1 fully saturated rings.